The van der Waals surface area contributed by atoms with Gasteiger partial charge in [0, 0.05) is 0 Å². The zero-order chi connectivity index (χ0) is 17.2. The van der Waals surface area contributed by atoms with Crippen LogP contribution in [0.3, 0.4) is 0 Å². The molecular formula is C18H25N3O3. The van der Waals surface area contributed by atoms with E-state index in [1.54, 1.807) is 7.11 Å². The lowest BCUT2D eigenvalue weighted by atomic mass is 9.87. The monoisotopic (exact) mass is 331 g/mol. The van der Waals surface area contributed by atoms with E-state index < -0.39 is 11.4 Å². The van der Waals surface area contributed by atoms with Crippen LogP contribution in [-0.4, -0.2) is 24.6 Å². The highest BCUT2D eigenvalue weighted by Gasteiger charge is 2.41. The fourth-order valence-electron chi connectivity index (χ4n) is 3.89. The number of nitrogens with one attached hydrogen (secondary N) is 2. The van der Waals surface area contributed by atoms with Gasteiger partial charge < -0.3 is 21.1 Å². The Balaban J connectivity index is 1.71. The van der Waals surface area contributed by atoms with E-state index in [0.717, 1.165) is 43.4 Å². The molecule has 6 nitrogen and oxygen atoms in total. The van der Waals surface area contributed by atoms with Crippen molar-refractivity contribution in [2.75, 3.05) is 7.11 Å². The number of rotatable bonds is 4. The summed E-state index contributed by atoms with van der Waals surface area (Å²) in [6.07, 6.45) is 5.94. The van der Waals surface area contributed by atoms with Crippen LogP contribution < -0.4 is 21.1 Å². The van der Waals surface area contributed by atoms with Gasteiger partial charge in [-0.1, -0.05) is 18.9 Å². The van der Waals surface area contributed by atoms with E-state index in [-0.39, 0.29) is 12.1 Å². The molecule has 4 N–H and O–H groups in total. The molecule has 0 radical (unpaired) electrons. The number of urea groups is 1. The molecule has 2 aliphatic rings. The number of hydrogen-bond acceptors (Lipinski definition) is 3. The van der Waals surface area contributed by atoms with Crippen LogP contribution in [0.25, 0.3) is 0 Å². The lowest BCUT2D eigenvalue weighted by Crippen LogP contribution is -2.58. The SMILES string of the molecule is COc1ccc2c(c1)CCC[C@@H]2NC(=O)NC1(C(N)=O)CCCC1. The Hall–Kier alpha value is -2.24. The number of aryl methyl sites for hydroxylation is 1. The van der Waals surface area contributed by atoms with Crippen molar-refractivity contribution in [1.29, 1.82) is 0 Å². The number of benzene rings is 1. The van der Waals surface area contributed by atoms with Crippen LogP contribution in [0.4, 0.5) is 4.79 Å². The number of fused-ring (bicyclic) bond motifs is 1. The van der Waals surface area contributed by atoms with Crippen molar-refractivity contribution in [3.05, 3.63) is 29.3 Å². The number of amides is 3. The molecule has 3 amide bonds. The van der Waals surface area contributed by atoms with Crippen molar-refractivity contribution in [3.8, 4) is 5.75 Å². The summed E-state index contributed by atoms with van der Waals surface area (Å²) in [5.41, 5.74) is 6.97. The standard InChI is InChI=1S/C18H25N3O3/c1-24-13-7-8-14-12(11-13)5-4-6-15(14)20-17(23)21-18(16(19)22)9-2-3-10-18/h7-8,11,15H,2-6,9-10H2,1H3,(H2,19,22)(H2,20,21,23)/t15-/m0/s1. The van der Waals surface area contributed by atoms with E-state index in [2.05, 4.69) is 10.6 Å². The minimum atomic E-state index is -0.887. The average Bonchev–Trinajstić information content (AvgIpc) is 3.04. The fraction of sp³-hybridized carbons (Fsp3) is 0.556. The van der Waals surface area contributed by atoms with Gasteiger partial charge in [0.25, 0.3) is 0 Å². The molecule has 0 aromatic heterocycles. The highest BCUT2D eigenvalue weighted by atomic mass is 16.5. The Kier molecular flexibility index (Phi) is 4.64. The van der Waals surface area contributed by atoms with E-state index in [1.807, 2.05) is 18.2 Å². The maximum atomic E-state index is 12.5. The summed E-state index contributed by atoms with van der Waals surface area (Å²) >= 11 is 0. The molecule has 0 bridgehead atoms. The van der Waals surface area contributed by atoms with Crippen LogP contribution >= 0.6 is 0 Å². The van der Waals surface area contributed by atoms with Gasteiger partial charge in [0.15, 0.2) is 0 Å². The molecule has 0 heterocycles. The van der Waals surface area contributed by atoms with Crippen molar-refractivity contribution in [3.63, 3.8) is 0 Å². The van der Waals surface area contributed by atoms with E-state index in [1.165, 1.54) is 5.56 Å². The summed E-state index contributed by atoms with van der Waals surface area (Å²) in [5.74, 6) is 0.390. The Labute approximate surface area is 142 Å². The van der Waals surface area contributed by atoms with Gasteiger partial charge in [-0.2, -0.15) is 0 Å². The van der Waals surface area contributed by atoms with E-state index in [9.17, 15) is 9.59 Å². The molecule has 0 aliphatic heterocycles. The molecule has 0 saturated heterocycles. The van der Waals surface area contributed by atoms with Crippen molar-refractivity contribution in [2.45, 2.75) is 56.5 Å². The van der Waals surface area contributed by atoms with Gasteiger partial charge in [0.2, 0.25) is 5.91 Å². The molecular weight excluding hydrogens is 306 g/mol. The van der Waals surface area contributed by atoms with Gasteiger partial charge in [0.05, 0.1) is 13.2 Å². The first-order valence-electron chi connectivity index (χ1n) is 8.59. The molecule has 0 spiro atoms. The number of ether oxygens (including phenoxy) is 1. The molecule has 6 heteroatoms. The first-order valence-corrected chi connectivity index (χ1v) is 8.59. The third kappa shape index (κ3) is 3.18. The summed E-state index contributed by atoms with van der Waals surface area (Å²) in [5, 5.41) is 5.86. The molecule has 2 aliphatic carbocycles. The van der Waals surface area contributed by atoms with Crippen molar-refractivity contribution >= 4 is 11.9 Å². The van der Waals surface area contributed by atoms with Crippen LogP contribution in [0, 0.1) is 0 Å². The van der Waals surface area contributed by atoms with Crippen molar-refractivity contribution < 1.29 is 14.3 Å². The molecule has 1 atom stereocenters. The zero-order valence-corrected chi connectivity index (χ0v) is 14.1. The molecule has 130 valence electrons. The van der Waals surface area contributed by atoms with Gasteiger partial charge in [0.1, 0.15) is 11.3 Å². The van der Waals surface area contributed by atoms with Gasteiger partial charge >= 0.3 is 6.03 Å². The van der Waals surface area contributed by atoms with Crippen LogP contribution in [0.1, 0.15) is 55.7 Å². The zero-order valence-electron chi connectivity index (χ0n) is 14.1. The predicted molar refractivity (Wildman–Crippen MR) is 90.7 cm³/mol. The smallest absolute Gasteiger partial charge is 0.316 e. The minimum Gasteiger partial charge on any atom is -0.497 e. The highest BCUT2D eigenvalue weighted by molar-refractivity contribution is 5.90. The summed E-state index contributed by atoms with van der Waals surface area (Å²) in [7, 11) is 1.65. The first-order chi connectivity index (χ1) is 11.5. The molecule has 24 heavy (non-hydrogen) atoms. The maximum absolute atomic E-state index is 12.5. The van der Waals surface area contributed by atoms with E-state index in [0.29, 0.717) is 12.8 Å². The minimum absolute atomic E-state index is 0.0500. The first kappa shape index (κ1) is 16.6. The summed E-state index contributed by atoms with van der Waals surface area (Å²) < 4.78 is 5.27. The Bertz CT molecular complexity index is 638. The van der Waals surface area contributed by atoms with Gasteiger partial charge in [-0.05, 0) is 55.4 Å². The number of primary amides is 1. The summed E-state index contributed by atoms with van der Waals surface area (Å²) in [6.45, 7) is 0. The third-order valence-corrected chi connectivity index (χ3v) is 5.25. The van der Waals surface area contributed by atoms with Gasteiger partial charge in [-0.25, -0.2) is 4.79 Å². The van der Waals surface area contributed by atoms with Crippen LogP contribution in [0.15, 0.2) is 18.2 Å². The van der Waals surface area contributed by atoms with E-state index in [4.69, 9.17) is 10.5 Å². The van der Waals surface area contributed by atoms with Crippen molar-refractivity contribution in [2.24, 2.45) is 5.73 Å². The van der Waals surface area contributed by atoms with Gasteiger partial charge in [-0.3, -0.25) is 4.79 Å². The number of hydrogen-bond donors (Lipinski definition) is 3. The fourth-order valence-corrected chi connectivity index (χ4v) is 3.89. The Morgan fingerprint density at radius 3 is 2.67 bits per heavy atom. The largest absolute Gasteiger partial charge is 0.497 e. The average molecular weight is 331 g/mol. The van der Waals surface area contributed by atoms with Crippen LogP contribution in [-0.2, 0) is 11.2 Å². The Morgan fingerprint density at radius 2 is 2.00 bits per heavy atom. The number of nitrogens with two attached hydrogens (primary N) is 1. The molecule has 1 aromatic carbocycles. The number of carbonyl (C=O) groups excluding carboxylic acids is 2. The third-order valence-electron chi connectivity index (χ3n) is 5.25. The maximum Gasteiger partial charge on any atom is 0.316 e. The predicted octanol–water partition coefficient (Wildman–Crippen LogP) is 2.17. The topological polar surface area (TPSA) is 93.4 Å². The quantitative estimate of drug-likeness (QED) is 0.789. The molecule has 1 fully saturated rings. The number of carbonyl (C=O) groups is 2. The lowest BCUT2D eigenvalue weighted by molar-refractivity contribution is -0.123. The molecule has 1 aromatic rings. The second-order valence-electron chi connectivity index (χ2n) is 6.76. The van der Waals surface area contributed by atoms with Crippen molar-refractivity contribution in [1.82, 2.24) is 10.6 Å². The van der Waals surface area contributed by atoms with Crippen LogP contribution in [0.2, 0.25) is 0 Å². The number of methoxy groups -OCH3 is 1. The lowest BCUT2D eigenvalue weighted by Gasteiger charge is -2.30. The second-order valence-corrected chi connectivity index (χ2v) is 6.76. The normalized spacial score (nSPS) is 21.6. The Morgan fingerprint density at radius 1 is 1.25 bits per heavy atom. The van der Waals surface area contributed by atoms with Crippen LogP contribution in [0.5, 0.6) is 5.75 Å². The summed E-state index contributed by atoms with van der Waals surface area (Å²) in [6, 6.07) is 5.59. The van der Waals surface area contributed by atoms with Gasteiger partial charge in [-0.15, -0.1) is 0 Å². The molecule has 3 rings (SSSR count). The van der Waals surface area contributed by atoms with E-state index >= 15 is 0 Å². The highest BCUT2D eigenvalue weighted by Crippen LogP contribution is 2.33. The molecule has 1 saturated carbocycles. The second kappa shape index (κ2) is 6.71. The molecule has 0 unspecified atom stereocenters. The summed E-state index contributed by atoms with van der Waals surface area (Å²) in [4.78, 5) is 24.2.